The fraction of sp³-hybridized carbons (Fsp3) is 0.556. The van der Waals surface area contributed by atoms with Crippen LogP contribution in [0.4, 0.5) is 10.5 Å². The Balaban J connectivity index is 1.57. The smallest absolute Gasteiger partial charge is 0.410 e. The zero-order valence-electron chi connectivity index (χ0n) is 14.4. The van der Waals surface area contributed by atoms with E-state index in [4.69, 9.17) is 4.74 Å². The maximum absolute atomic E-state index is 12.3. The molecule has 6 heteroatoms. The molecule has 4 rings (SSSR count). The van der Waals surface area contributed by atoms with Gasteiger partial charge in [0, 0.05) is 42.3 Å². The monoisotopic (exact) mass is 345 g/mol. The molecule has 0 atom stereocenters. The molecule has 2 aliphatic rings. The third kappa shape index (κ3) is 2.53. The normalized spacial score (nSPS) is 19.4. The summed E-state index contributed by atoms with van der Waals surface area (Å²) in [7, 11) is 0. The highest BCUT2D eigenvalue weighted by molar-refractivity contribution is 7.13. The Morgan fingerprint density at radius 1 is 1.33 bits per heavy atom. The van der Waals surface area contributed by atoms with E-state index in [9.17, 15) is 4.79 Å². The molecule has 0 bridgehead atoms. The molecule has 2 aromatic rings. The molecule has 128 valence electrons. The van der Waals surface area contributed by atoms with Gasteiger partial charge in [-0.15, -0.1) is 0 Å². The summed E-state index contributed by atoms with van der Waals surface area (Å²) in [5.41, 5.74) is 2.30. The number of benzene rings is 1. The topological polar surface area (TPSA) is 54.5 Å². The van der Waals surface area contributed by atoms with Crippen LogP contribution in [0.25, 0.3) is 10.1 Å². The minimum atomic E-state index is -0.442. The Bertz CT molecular complexity index is 785. The quantitative estimate of drug-likeness (QED) is 0.784. The molecular formula is C18H23N3O2S. The van der Waals surface area contributed by atoms with Gasteiger partial charge in [-0.1, -0.05) is 0 Å². The van der Waals surface area contributed by atoms with Gasteiger partial charge in [0.15, 0.2) is 0 Å². The number of fused-ring (bicyclic) bond motifs is 4. The van der Waals surface area contributed by atoms with Crippen LogP contribution in [-0.4, -0.2) is 40.6 Å². The number of carbonyl (C=O) groups excluding carboxylic acids is 1. The number of nitrogens with zero attached hydrogens (tertiary/aromatic N) is 2. The van der Waals surface area contributed by atoms with Gasteiger partial charge in [-0.05, 0) is 62.8 Å². The molecule has 0 saturated carbocycles. The van der Waals surface area contributed by atoms with Crippen molar-refractivity contribution in [1.82, 2.24) is 9.27 Å². The standard InChI is InChI=1S/C18H23N3O2S/c1-17(2,3)23-16(22)21-8-6-18(7-9-21)11-19-13-4-5-14-12(15(13)18)10-20-24-14/h4-5,10,19H,6-9,11H2,1-3H3. The van der Waals surface area contributed by atoms with Crippen LogP contribution in [0.1, 0.15) is 39.2 Å². The van der Waals surface area contributed by atoms with Crippen molar-refractivity contribution in [3.05, 3.63) is 23.9 Å². The first-order valence-corrected chi connectivity index (χ1v) is 9.25. The molecule has 1 aromatic heterocycles. The Hall–Kier alpha value is -1.82. The summed E-state index contributed by atoms with van der Waals surface area (Å²) >= 11 is 1.55. The van der Waals surface area contributed by atoms with Gasteiger partial charge < -0.3 is 15.0 Å². The van der Waals surface area contributed by atoms with Gasteiger partial charge in [0.25, 0.3) is 0 Å². The van der Waals surface area contributed by atoms with Gasteiger partial charge in [0.05, 0.1) is 4.70 Å². The lowest BCUT2D eigenvalue weighted by Gasteiger charge is -2.39. The van der Waals surface area contributed by atoms with Crippen LogP contribution in [0.5, 0.6) is 0 Å². The largest absolute Gasteiger partial charge is 0.444 e. The highest BCUT2D eigenvalue weighted by Crippen LogP contribution is 2.47. The average Bonchev–Trinajstić information content (AvgIpc) is 3.11. The summed E-state index contributed by atoms with van der Waals surface area (Å²) < 4.78 is 11.1. The number of ether oxygens (including phenoxy) is 1. The van der Waals surface area contributed by atoms with Crippen molar-refractivity contribution in [2.24, 2.45) is 0 Å². The summed E-state index contributed by atoms with van der Waals surface area (Å²) in [5, 5.41) is 4.84. The number of carbonyl (C=O) groups is 1. The van der Waals surface area contributed by atoms with Gasteiger partial charge >= 0.3 is 6.09 Å². The fourth-order valence-corrected chi connectivity index (χ4v) is 4.54. The van der Waals surface area contributed by atoms with Crippen molar-refractivity contribution in [3.8, 4) is 0 Å². The number of piperidine rings is 1. The van der Waals surface area contributed by atoms with Gasteiger partial charge in [-0.2, -0.15) is 4.37 Å². The van der Waals surface area contributed by atoms with Crippen LogP contribution in [0.3, 0.4) is 0 Å². The first kappa shape index (κ1) is 15.7. The van der Waals surface area contributed by atoms with Gasteiger partial charge in [0.1, 0.15) is 5.60 Å². The van der Waals surface area contributed by atoms with Crippen LogP contribution in [0.15, 0.2) is 18.3 Å². The molecular weight excluding hydrogens is 322 g/mol. The van der Waals surface area contributed by atoms with E-state index in [1.54, 1.807) is 11.5 Å². The first-order valence-electron chi connectivity index (χ1n) is 8.48. The van der Waals surface area contributed by atoms with Crippen molar-refractivity contribution in [3.63, 3.8) is 0 Å². The van der Waals surface area contributed by atoms with Gasteiger partial charge in [0.2, 0.25) is 0 Å². The number of rotatable bonds is 0. The average molecular weight is 345 g/mol. The molecule has 1 N–H and O–H groups in total. The van der Waals surface area contributed by atoms with Crippen LogP contribution < -0.4 is 5.32 Å². The molecule has 1 saturated heterocycles. The van der Waals surface area contributed by atoms with E-state index in [2.05, 4.69) is 21.8 Å². The molecule has 1 fully saturated rings. The lowest BCUT2D eigenvalue weighted by Crippen LogP contribution is -2.47. The maximum Gasteiger partial charge on any atom is 0.410 e. The number of nitrogens with one attached hydrogen (secondary N) is 1. The van der Waals surface area contributed by atoms with Crippen molar-refractivity contribution < 1.29 is 9.53 Å². The molecule has 5 nitrogen and oxygen atoms in total. The van der Waals surface area contributed by atoms with Crippen LogP contribution >= 0.6 is 11.5 Å². The Labute approximate surface area is 146 Å². The zero-order valence-corrected chi connectivity index (χ0v) is 15.2. The highest BCUT2D eigenvalue weighted by Gasteiger charge is 2.44. The third-order valence-electron chi connectivity index (χ3n) is 5.06. The van der Waals surface area contributed by atoms with Gasteiger partial charge in [-0.25, -0.2) is 4.79 Å². The molecule has 1 spiro atoms. The third-order valence-corrected chi connectivity index (χ3v) is 5.82. The Morgan fingerprint density at radius 3 is 2.79 bits per heavy atom. The number of amides is 1. The van der Waals surface area contributed by atoms with Crippen molar-refractivity contribution >= 4 is 33.4 Å². The minimum Gasteiger partial charge on any atom is -0.444 e. The van der Waals surface area contributed by atoms with E-state index in [1.165, 1.54) is 21.3 Å². The first-order chi connectivity index (χ1) is 11.4. The maximum atomic E-state index is 12.3. The van der Waals surface area contributed by atoms with Crippen molar-refractivity contribution in [2.75, 3.05) is 25.0 Å². The molecule has 3 heterocycles. The summed E-state index contributed by atoms with van der Waals surface area (Å²) in [6.45, 7) is 8.16. The minimum absolute atomic E-state index is 0.107. The number of aromatic nitrogens is 1. The van der Waals surface area contributed by atoms with Crippen molar-refractivity contribution in [2.45, 2.75) is 44.6 Å². The fourth-order valence-electron chi connectivity index (χ4n) is 3.89. The molecule has 0 radical (unpaired) electrons. The predicted octanol–water partition coefficient (Wildman–Crippen LogP) is 3.99. The van der Waals surface area contributed by atoms with E-state index in [-0.39, 0.29) is 11.5 Å². The summed E-state index contributed by atoms with van der Waals surface area (Å²) in [6, 6.07) is 4.32. The lowest BCUT2D eigenvalue weighted by molar-refractivity contribution is 0.0172. The highest BCUT2D eigenvalue weighted by atomic mass is 32.1. The summed E-state index contributed by atoms with van der Waals surface area (Å²) in [5.74, 6) is 0. The zero-order chi connectivity index (χ0) is 16.9. The van der Waals surface area contributed by atoms with E-state index in [0.29, 0.717) is 0 Å². The van der Waals surface area contributed by atoms with E-state index in [1.807, 2.05) is 31.9 Å². The van der Waals surface area contributed by atoms with Crippen LogP contribution in [-0.2, 0) is 10.2 Å². The molecule has 1 aromatic carbocycles. The number of anilines is 1. The molecule has 2 aliphatic heterocycles. The Morgan fingerprint density at radius 2 is 2.08 bits per heavy atom. The van der Waals surface area contributed by atoms with Gasteiger partial charge in [-0.3, -0.25) is 0 Å². The number of hydrogen-bond acceptors (Lipinski definition) is 5. The predicted molar refractivity (Wildman–Crippen MR) is 96.8 cm³/mol. The molecule has 1 amide bonds. The number of likely N-dealkylation sites (tertiary alicyclic amines) is 1. The second-order valence-electron chi connectivity index (χ2n) is 7.83. The van der Waals surface area contributed by atoms with Crippen LogP contribution in [0.2, 0.25) is 0 Å². The SMILES string of the molecule is CC(C)(C)OC(=O)N1CCC2(CC1)CNc1ccc3sncc3c12. The number of hydrogen-bond donors (Lipinski definition) is 1. The van der Waals surface area contributed by atoms with Crippen LogP contribution in [0, 0.1) is 0 Å². The summed E-state index contributed by atoms with van der Waals surface area (Å²) in [4.78, 5) is 14.2. The van der Waals surface area contributed by atoms with Crippen molar-refractivity contribution in [1.29, 1.82) is 0 Å². The van der Waals surface area contributed by atoms with E-state index in [0.717, 1.165) is 32.5 Å². The van der Waals surface area contributed by atoms with E-state index < -0.39 is 5.60 Å². The molecule has 0 unspecified atom stereocenters. The summed E-state index contributed by atoms with van der Waals surface area (Å²) in [6.07, 6.45) is 3.72. The Kier molecular flexibility index (Phi) is 3.49. The van der Waals surface area contributed by atoms with E-state index >= 15 is 0 Å². The second-order valence-corrected chi connectivity index (χ2v) is 8.66. The molecule has 0 aliphatic carbocycles. The molecule has 24 heavy (non-hydrogen) atoms. The second kappa shape index (κ2) is 5.34. The lowest BCUT2D eigenvalue weighted by atomic mass is 9.73.